The van der Waals surface area contributed by atoms with Crippen molar-refractivity contribution in [3.8, 4) is 47.3 Å². The van der Waals surface area contributed by atoms with Crippen LogP contribution in [0.5, 0.6) is 23.0 Å². The highest BCUT2D eigenvalue weighted by atomic mass is 16.5. The lowest BCUT2D eigenvalue weighted by atomic mass is 9.87. The van der Waals surface area contributed by atoms with Crippen molar-refractivity contribution in [2.75, 3.05) is 0 Å². The minimum absolute atomic E-state index is 0.00423. The zero-order valence-corrected chi connectivity index (χ0v) is 34.2. The van der Waals surface area contributed by atoms with Crippen molar-refractivity contribution >= 4 is 23.9 Å². The van der Waals surface area contributed by atoms with E-state index in [9.17, 15) is 40.2 Å². The molecule has 0 fully saturated rings. The number of hydrogen-bond acceptors (Lipinski definition) is 12. The smallest absolute Gasteiger partial charge is 0.310 e. The summed E-state index contributed by atoms with van der Waals surface area (Å²) < 4.78 is 24.4. The third-order valence-electron chi connectivity index (χ3n) is 9.88. The van der Waals surface area contributed by atoms with Crippen molar-refractivity contribution in [3.63, 3.8) is 0 Å². The predicted molar refractivity (Wildman–Crippen MR) is 218 cm³/mol. The molecule has 1 aliphatic carbocycles. The molecule has 4 aromatic rings. The molecule has 0 atom stereocenters. The van der Waals surface area contributed by atoms with E-state index in [4.69, 9.17) is 18.9 Å². The fourth-order valence-corrected chi connectivity index (χ4v) is 7.22. The summed E-state index contributed by atoms with van der Waals surface area (Å²) in [5.74, 6) is -1.32. The number of carbonyl (C=O) groups excluding carboxylic acids is 4. The van der Waals surface area contributed by atoms with E-state index in [1.807, 2.05) is 0 Å². The first-order valence-corrected chi connectivity index (χ1v) is 19.9. The number of rotatable bonds is 12. The lowest BCUT2D eigenvalue weighted by Crippen LogP contribution is -2.15. The van der Waals surface area contributed by atoms with Gasteiger partial charge in [0.05, 0.1) is 50.0 Å². The Morgan fingerprint density at radius 1 is 0.383 bits per heavy atom. The van der Waals surface area contributed by atoms with Gasteiger partial charge in [0.2, 0.25) is 0 Å². The summed E-state index contributed by atoms with van der Waals surface area (Å²) in [6.45, 7) is 6.64. The monoisotopic (exact) mass is 804 g/mol. The number of hydrogen-bond donors (Lipinski definition) is 0. The summed E-state index contributed by atoms with van der Waals surface area (Å²) in [5, 5.41) is 39.5. The molecule has 0 aliphatic heterocycles. The lowest BCUT2D eigenvalue weighted by molar-refractivity contribution is -0.135. The molecule has 0 saturated carbocycles. The highest BCUT2D eigenvalue weighted by molar-refractivity contribution is 5.77. The highest BCUT2D eigenvalue weighted by Crippen LogP contribution is 2.41. The van der Waals surface area contributed by atoms with Gasteiger partial charge in [-0.15, -0.1) is 0 Å². The summed E-state index contributed by atoms with van der Waals surface area (Å²) in [6, 6.07) is 22.8. The molecule has 8 bridgehead atoms. The number of benzene rings is 4. The van der Waals surface area contributed by atoms with E-state index in [1.54, 1.807) is 76.2 Å². The Balaban J connectivity index is 2.00. The van der Waals surface area contributed by atoms with Gasteiger partial charge in [-0.3, -0.25) is 19.2 Å². The Bertz CT molecular complexity index is 2090. The molecular formula is C48H44N4O8. The minimum Gasteiger partial charge on any atom is -0.426 e. The van der Waals surface area contributed by atoms with Crippen molar-refractivity contribution in [2.45, 2.75) is 105 Å². The third kappa shape index (κ3) is 10.6. The van der Waals surface area contributed by atoms with Crippen LogP contribution in [0.3, 0.4) is 0 Å². The topological polar surface area (TPSA) is 200 Å². The van der Waals surface area contributed by atoms with Gasteiger partial charge in [0.1, 0.15) is 23.0 Å². The number of ether oxygens (including phenoxy) is 4. The Kier molecular flexibility index (Phi) is 14.9. The highest BCUT2D eigenvalue weighted by Gasteiger charge is 2.27. The van der Waals surface area contributed by atoms with Crippen LogP contribution in [0.25, 0.3) is 0 Å². The van der Waals surface area contributed by atoms with Crippen LogP contribution in [0.1, 0.15) is 120 Å². The number of esters is 4. The first-order valence-electron chi connectivity index (χ1n) is 19.9. The van der Waals surface area contributed by atoms with Gasteiger partial charge in [-0.05, 0) is 22.3 Å². The second kappa shape index (κ2) is 20.4. The fourth-order valence-electron chi connectivity index (χ4n) is 7.22. The summed E-state index contributed by atoms with van der Waals surface area (Å²) in [6.07, 6.45) is 0.220. The molecule has 0 N–H and O–H groups in total. The van der Waals surface area contributed by atoms with Crippen LogP contribution in [0.15, 0.2) is 48.5 Å². The number of nitrogens with zero attached hydrogens (tertiary/aromatic N) is 4. The van der Waals surface area contributed by atoms with E-state index in [0.717, 1.165) is 0 Å². The minimum atomic E-state index is -0.533. The maximum absolute atomic E-state index is 13.2. The first-order chi connectivity index (χ1) is 29.0. The van der Waals surface area contributed by atoms with E-state index < -0.39 is 23.9 Å². The Morgan fingerprint density at radius 3 is 0.683 bits per heavy atom. The van der Waals surface area contributed by atoms with Crippen molar-refractivity contribution < 1.29 is 38.1 Å². The molecule has 0 saturated heterocycles. The van der Waals surface area contributed by atoms with E-state index >= 15 is 0 Å². The predicted octanol–water partition coefficient (Wildman–Crippen LogP) is 7.89. The zero-order valence-electron chi connectivity index (χ0n) is 34.2. The fraction of sp³-hybridized carbons (Fsp3) is 0.333. The molecule has 0 spiro atoms. The largest absolute Gasteiger partial charge is 0.426 e. The van der Waals surface area contributed by atoms with Gasteiger partial charge >= 0.3 is 23.9 Å². The molecule has 1 aliphatic rings. The maximum Gasteiger partial charge on any atom is 0.310 e. The van der Waals surface area contributed by atoms with Crippen LogP contribution >= 0.6 is 0 Å². The molecule has 12 nitrogen and oxygen atoms in total. The molecule has 304 valence electrons. The Labute approximate surface area is 349 Å². The van der Waals surface area contributed by atoms with Gasteiger partial charge in [-0.1, -0.05) is 76.2 Å². The van der Waals surface area contributed by atoms with Gasteiger partial charge < -0.3 is 18.9 Å². The summed E-state index contributed by atoms with van der Waals surface area (Å²) in [4.78, 5) is 52.7. The SMILES string of the molecule is CCC(=O)Oc1c2cc(CC#N)cc1Cc1cc(CC#N)cc(c1OC(=O)CC)Cc1cc(CC#N)cc(c1OC(=O)CC)Cc1cc(CC#N)cc(c1OC(=O)CC)C2. The second-order valence-electron chi connectivity index (χ2n) is 14.3. The molecule has 0 amide bonds. The van der Waals surface area contributed by atoms with Crippen molar-refractivity contribution in [1.82, 2.24) is 0 Å². The van der Waals surface area contributed by atoms with Gasteiger partial charge in [0, 0.05) is 95.9 Å². The van der Waals surface area contributed by atoms with Gasteiger partial charge in [-0.25, -0.2) is 0 Å². The Morgan fingerprint density at radius 2 is 0.550 bits per heavy atom. The van der Waals surface area contributed by atoms with Crippen LogP contribution in [-0.4, -0.2) is 23.9 Å². The van der Waals surface area contributed by atoms with Gasteiger partial charge in [0.15, 0.2) is 0 Å². The molecule has 0 heterocycles. The average Bonchev–Trinajstić information content (AvgIpc) is 3.22. The summed E-state index contributed by atoms with van der Waals surface area (Å²) in [5.41, 5.74) is 6.27. The molecule has 0 aromatic heterocycles. The quantitative estimate of drug-likeness (QED) is 0.0874. The molecular weight excluding hydrogens is 761 g/mol. The van der Waals surface area contributed by atoms with Crippen molar-refractivity contribution in [2.24, 2.45) is 0 Å². The van der Waals surface area contributed by atoms with E-state index in [0.29, 0.717) is 66.8 Å². The van der Waals surface area contributed by atoms with Crippen LogP contribution < -0.4 is 18.9 Å². The maximum atomic E-state index is 13.2. The number of fused-ring (bicyclic) bond motifs is 8. The third-order valence-corrected chi connectivity index (χ3v) is 9.88. The number of carbonyl (C=O) groups is 4. The zero-order chi connectivity index (χ0) is 43.3. The van der Waals surface area contributed by atoms with Crippen LogP contribution in [-0.2, 0) is 70.5 Å². The number of nitriles is 4. The molecule has 60 heavy (non-hydrogen) atoms. The lowest BCUT2D eigenvalue weighted by Gasteiger charge is -2.23. The normalized spacial score (nSPS) is 11.5. The summed E-state index contributed by atoms with van der Waals surface area (Å²) in [7, 11) is 0. The standard InChI is InChI=1S/C48H44N4O8/c1-5-41(53)57-45-33-17-29(9-13-49)18-34(45)26-36-20-31(11-15-51)22-38(47(36)59-43(55)7-3)28-40-24-32(12-16-52)23-39(48(40)60-44(56)8-4)27-37-21-30(10-14-50)19-35(25-33)46(37)58-42(54)6-2/h17-24H,5-12,25-28H2,1-4H3. The van der Waals surface area contributed by atoms with E-state index in [-0.39, 0.29) is 100 Å². The molecule has 0 radical (unpaired) electrons. The van der Waals surface area contributed by atoms with E-state index in [1.165, 1.54) is 0 Å². The summed E-state index contributed by atoms with van der Waals surface area (Å²) >= 11 is 0. The molecule has 5 rings (SSSR count). The molecule has 12 heteroatoms. The van der Waals surface area contributed by atoms with Crippen LogP contribution in [0.4, 0.5) is 0 Å². The van der Waals surface area contributed by atoms with Gasteiger partial charge in [-0.2, -0.15) is 21.0 Å². The van der Waals surface area contributed by atoms with Crippen molar-refractivity contribution in [1.29, 1.82) is 21.0 Å². The van der Waals surface area contributed by atoms with Crippen molar-refractivity contribution in [3.05, 3.63) is 115 Å². The van der Waals surface area contributed by atoms with Crippen LogP contribution in [0, 0.1) is 45.3 Å². The molecule has 4 aromatic carbocycles. The molecule has 0 unspecified atom stereocenters. The van der Waals surface area contributed by atoms with Gasteiger partial charge in [0.25, 0.3) is 0 Å². The van der Waals surface area contributed by atoms with E-state index in [2.05, 4.69) is 24.3 Å². The first kappa shape index (κ1) is 43.8. The second-order valence-corrected chi connectivity index (χ2v) is 14.3. The average molecular weight is 805 g/mol. The Hall–Kier alpha value is -7.28. The van der Waals surface area contributed by atoms with Crippen LogP contribution in [0.2, 0.25) is 0 Å².